The van der Waals surface area contributed by atoms with E-state index in [-0.39, 0.29) is 0 Å². The molecule has 0 saturated heterocycles. The summed E-state index contributed by atoms with van der Waals surface area (Å²) in [6.45, 7) is 1.60. The molecule has 2 heteroatoms. The van der Waals surface area contributed by atoms with Gasteiger partial charge in [0.2, 0.25) is 0 Å². The van der Waals surface area contributed by atoms with Crippen molar-refractivity contribution in [3.05, 3.63) is 25.2 Å². The monoisotopic (exact) mass is 115 g/mol. The van der Waals surface area contributed by atoms with Crippen LogP contribution in [0.15, 0.2) is 25.2 Å². The van der Waals surface area contributed by atoms with Crippen molar-refractivity contribution in [1.82, 2.24) is 0 Å². The molecule has 0 aromatic carbocycles. The Hall–Kier alpha value is -0.920. The van der Waals surface area contributed by atoms with Gasteiger partial charge in [0, 0.05) is 0 Å². The van der Waals surface area contributed by atoms with Crippen LogP contribution in [0.4, 0.5) is 0 Å². The SMILES string of the molecule is [2H]C=CCO/C=C/OC. The van der Waals surface area contributed by atoms with Crippen LogP contribution in [-0.4, -0.2) is 13.7 Å². The third-order valence-electron chi connectivity index (χ3n) is 0.480. The topological polar surface area (TPSA) is 18.5 Å². The van der Waals surface area contributed by atoms with Gasteiger partial charge in [-0.15, -0.1) is 0 Å². The number of methoxy groups -OCH3 is 1. The Kier molecular flexibility index (Phi) is 3.97. The van der Waals surface area contributed by atoms with Crippen molar-refractivity contribution < 1.29 is 10.8 Å². The standard InChI is InChI=1S/C6H10O2/c1-3-4-8-6-5-7-2/h3,5-6H,1,4H2,2H3/b6-5+/i1D/b3-1?,6-5+. The van der Waals surface area contributed by atoms with Gasteiger partial charge in [-0.25, -0.2) is 0 Å². The van der Waals surface area contributed by atoms with Gasteiger partial charge in [-0.2, -0.15) is 0 Å². The van der Waals surface area contributed by atoms with Crippen molar-refractivity contribution in [3.8, 4) is 0 Å². The Bertz CT molecular complexity index is 99.2. The summed E-state index contributed by atoms with van der Waals surface area (Å²) < 4.78 is 15.9. The first-order valence-electron chi connectivity index (χ1n) is 2.82. The van der Waals surface area contributed by atoms with Crippen LogP contribution in [0.3, 0.4) is 0 Å². The highest BCUT2D eigenvalue weighted by Gasteiger charge is 1.67. The minimum absolute atomic E-state index is 0.420. The smallest absolute Gasteiger partial charge is 0.118 e. The van der Waals surface area contributed by atoms with E-state index in [1.807, 2.05) is 0 Å². The quantitative estimate of drug-likeness (QED) is 0.312. The first-order valence-corrected chi connectivity index (χ1v) is 2.24. The van der Waals surface area contributed by atoms with Crippen molar-refractivity contribution in [2.45, 2.75) is 0 Å². The van der Waals surface area contributed by atoms with E-state index in [0.29, 0.717) is 6.61 Å². The molecule has 0 unspecified atom stereocenters. The molecule has 0 aromatic rings. The Morgan fingerprint density at radius 3 is 3.25 bits per heavy atom. The van der Waals surface area contributed by atoms with Crippen molar-refractivity contribution in [3.63, 3.8) is 0 Å². The molecule has 0 aromatic heterocycles. The zero-order chi connectivity index (χ0) is 6.95. The van der Waals surface area contributed by atoms with Crippen molar-refractivity contribution in [2.24, 2.45) is 0 Å². The lowest BCUT2D eigenvalue weighted by molar-refractivity contribution is 0.257. The van der Waals surface area contributed by atoms with E-state index in [0.717, 1.165) is 0 Å². The molecule has 0 heterocycles. The largest absolute Gasteiger partial charge is 0.501 e. The predicted molar refractivity (Wildman–Crippen MR) is 32.3 cm³/mol. The van der Waals surface area contributed by atoms with Gasteiger partial charge in [0.1, 0.15) is 19.1 Å². The maximum absolute atomic E-state index is 6.57. The molecule has 0 fully saturated rings. The second-order valence-corrected chi connectivity index (χ2v) is 1.08. The fraction of sp³-hybridized carbons (Fsp3) is 0.333. The average molecular weight is 115 g/mol. The third-order valence-corrected chi connectivity index (χ3v) is 0.480. The Morgan fingerprint density at radius 1 is 1.75 bits per heavy atom. The van der Waals surface area contributed by atoms with Crippen LogP contribution in [0.25, 0.3) is 0 Å². The fourth-order valence-corrected chi connectivity index (χ4v) is 0.206. The molecule has 0 radical (unpaired) electrons. The van der Waals surface area contributed by atoms with E-state index in [2.05, 4.69) is 4.74 Å². The summed E-state index contributed by atoms with van der Waals surface area (Å²) in [5.74, 6) is 0. The number of rotatable bonds is 4. The van der Waals surface area contributed by atoms with E-state index < -0.39 is 0 Å². The molecule has 0 aliphatic carbocycles. The summed E-state index contributed by atoms with van der Waals surface area (Å²) in [6, 6.07) is 0. The molecule has 2 nitrogen and oxygen atoms in total. The van der Waals surface area contributed by atoms with Crippen LogP contribution < -0.4 is 0 Å². The van der Waals surface area contributed by atoms with Gasteiger partial charge in [-0.3, -0.25) is 0 Å². The molecule has 46 valence electrons. The van der Waals surface area contributed by atoms with Crippen molar-refractivity contribution >= 4 is 0 Å². The summed E-state index contributed by atoms with van der Waals surface area (Å²) in [5, 5.41) is 0. The molecule has 0 N–H and O–H groups in total. The minimum atomic E-state index is 0.420. The van der Waals surface area contributed by atoms with Crippen LogP contribution in [0, 0.1) is 0 Å². The summed E-state index contributed by atoms with van der Waals surface area (Å²) in [4.78, 5) is 0. The van der Waals surface area contributed by atoms with Crippen LogP contribution in [0.1, 0.15) is 1.37 Å². The Labute approximate surface area is 50.8 Å². The average Bonchev–Trinajstić information content (AvgIpc) is 1.89. The molecule has 0 aliphatic heterocycles. The first kappa shape index (κ1) is 5.22. The summed E-state index contributed by atoms with van der Waals surface area (Å²) in [5.41, 5.74) is 0. The van der Waals surface area contributed by atoms with Gasteiger partial charge >= 0.3 is 0 Å². The fourth-order valence-electron chi connectivity index (χ4n) is 0.206. The Balaban J connectivity index is 2.99. The van der Waals surface area contributed by atoms with Crippen molar-refractivity contribution in [2.75, 3.05) is 13.7 Å². The lowest BCUT2D eigenvalue weighted by Gasteiger charge is -1.90. The number of hydrogen-bond donors (Lipinski definition) is 0. The zero-order valence-electron chi connectivity index (χ0n) is 5.83. The summed E-state index contributed by atoms with van der Waals surface area (Å²) >= 11 is 0. The van der Waals surface area contributed by atoms with E-state index in [9.17, 15) is 0 Å². The van der Waals surface area contributed by atoms with E-state index >= 15 is 0 Å². The van der Waals surface area contributed by atoms with Gasteiger partial charge in [-0.1, -0.05) is 12.6 Å². The van der Waals surface area contributed by atoms with E-state index in [1.54, 1.807) is 13.2 Å². The molecule has 0 bridgehead atoms. The molecule has 0 amide bonds. The molecule has 0 atom stereocenters. The molecular weight excluding hydrogens is 104 g/mol. The maximum atomic E-state index is 6.57. The molecule has 8 heavy (non-hydrogen) atoms. The van der Waals surface area contributed by atoms with Crippen molar-refractivity contribution in [1.29, 1.82) is 0 Å². The highest BCUT2D eigenvalue weighted by Crippen LogP contribution is 1.76. The highest BCUT2D eigenvalue weighted by molar-refractivity contribution is 4.68. The molecular formula is C6H10O2. The third kappa shape index (κ3) is 5.08. The first-order chi connectivity index (χ1) is 4.41. The predicted octanol–water partition coefficient (Wildman–Crippen LogP) is 1.31. The summed E-state index contributed by atoms with van der Waals surface area (Å²) in [7, 11) is 1.54. The van der Waals surface area contributed by atoms with Gasteiger partial charge in [0.25, 0.3) is 0 Å². The minimum Gasteiger partial charge on any atom is -0.501 e. The number of ether oxygens (including phenoxy) is 2. The van der Waals surface area contributed by atoms with Crippen LogP contribution in [-0.2, 0) is 9.47 Å². The van der Waals surface area contributed by atoms with Gasteiger partial charge < -0.3 is 9.47 Å². The van der Waals surface area contributed by atoms with Crippen LogP contribution in [0.5, 0.6) is 0 Å². The number of hydrogen-bond acceptors (Lipinski definition) is 2. The molecule has 0 rings (SSSR count). The molecule has 0 spiro atoms. The second-order valence-electron chi connectivity index (χ2n) is 1.08. The highest BCUT2D eigenvalue weighted by atomic mass is 16.5. The Morgan fingerprint density at radius 2 is 2.62 bits per heavy atom. The van der Waals surface area contributed by atoms with Gasteiger partial charge in [0.05, 0.1) is 8.48 Å². The summed E-state index contributed by atoms with van der Waals surface area (Å²) in [6.07, 6.45) is 4.44. The van der Waals surface area contributed by atoms with Crippen LogP contribution >= 0.6 is 0 Å². The lowest BCUT2D eigenvalue weighted by Crippen LogP contribution is -1.78. The van der Waals surface area contributed by atoms with E-state index in [1.165, 1.54) is 19.1 Å². The molecule has 0 saturated carbocycles. The van der Waals surface area contributed by atoms with E-state index in [4.69, 9.17) is 6.11 Å². The van der Waals surface area contributed by atoms with Crippen LogP contribution in [0.2, 0.25) is 0 Å². The van der Waals surface area contributed by atoms with Gasteiger partial charge in [-0.05, 0) is 0 Å². The van der Waals surface area contributed by atoms with Gasteiger partial charge in [0.15, 0.2) is 0 Å². The zero-order valence-corrected chi connectivity index (χ0v) is 4.83. The lowest BCUT2D eigenvalue weighted by atomic mass is 10.7. The maximum Gasteiger partial charge on any atom is 0.118 e. The normalized spacial score (nSPS) is 12.4. The molecule has 0 aliphatic rings. The second kappa shape index (κ2) is 6.08.